The summed E-state index contributed by atoms with van der Waals surface area (Å²) in [4.78, 5) is 14.9. The highest BCUT2D eigenvalue weighted by Gasteiger charge is 2.29. The summed E-state index contributed by atoms with van der Waals surface area (Å²) in [7, 11) is -3.21. The van der Waals surface area contributed by atoms with Gasteiger partial charge in [0.1, 0.15) is 5.82 Å². The maximum atomic E-state index is 13.4. The molecular weight excluding hydrogens is 405 g/mol. The number of likely N-dealkylation sites (tertiary alicyclic amines) is 1. The van der Waals surface area contributed by atoms with Gasteiger partial charge in [0, 0.05) is 25.3 Å². The van der Waals surface area contributed by atoms with E-state index in [2.05, 4.69) is 10.2 Å². The smallest absolute Gasteiger partial charge is 0.235 e. The Morgan fingerprint density at radius 1 is 1.10 bits per heavy atom. The summed E-state index contributed by atoms with van der Waals surface area (Å²) in [6.07, 6.45) is 2.36. The van der Waals surface area contributed by atoms with Crippen LogP contribution >= 0.6 is 0 Å². The number of benzene rings is 2. The zero-order valence-corrected chi connectivity index (χ0v) is 17.6. The lowest BCUT2D eigenvalue weighted by atomic mass is 9.96. The van der Waals surface area contributed by atoms with Crippen LogP contribution in [-0.2, 0) is 21.4 Å². The van der Waals surface area contributed by atoms with Crippen LogP contribution in [0.4, 0.5) is 15.8 Å². The summed E-state index contributed by atoms with van der Waals surface area (Å²) in [5, 5.41) is 2.95. The number of anilines is 2. The molecule has 2 saturated heterocycles. The van der Waals surface area contributed by atoms with E-state index in [1.165, 1.54) is 16.4 Å². The Morgan fingerprint density at radius 2 is 1.90 bits per heavy atom. The zero-order valence-electron chi connectivity index (χ0n) is 16.8. The molecule has 6 nitrogen and oxygen atoms in total. The molecule has 8 heteroatoms. The van der Waals surface area contributed by atoms with Crippen molar-refractivity contribution in [3.8, 4) is 0 Å². The largest absolute Gasteiger partial charge is 0.326 e. The predicted molar refractivity (Wildman–Crippen MR) is 115 cm³/mol. The van der Waals surface area contributed by atoms with E-state index in [0.717, 1.165) is 24.9 Å². The van der Waals surface area contributed by atoms with Crippen molar-refractivity contribution in [3.05, 3.63) is 59.9 Å². The first-order valence-electron chi connectivity index (χ1n) is 10.3. The van der Waals surface area contributed by atoms with Crippen molar-refractivity contribution < 1.29 is 17.6 Å². The minimum atomic E-state index is -3.21. The molecule has 0 bridgehead atoms. The van der Waals surface area contributed by atoms with Gasteiger partial charge in [-0.2, -0.15) is 0 Å². The number of hydrogen-bond acceptors (Lipinski definition) is 4. The Morgan fingerprint density at radius 3 is 2.60 bits per heavy atom. The molecule has 0 spiro atoms. The van der Waals surface area contributed by atoms with Crippen molar-refractivity contribution in [1.29, 1.82) is 0 Å². The summed E-state index contributed by atoms with van der Waals surface area (Å²) in [6.45, 7) is 2.64. The van der Waals surface area contributed by atoms with E-state index in [4.69, 9.17) is 0 Å². The lowest BCUT2D eigenvalue weighted by Gasteiger charge is -2.32. The fourth-order valence-electron chi connectivity index (χ4n) is 4.19. The van der Waals surface area contributed by atoms with Crippen LogP contribution in [0.1, 0.15) is 24.8 Å². The average molecular weight is 432 g/mol. The SMILES string of the molecule is O=C(Nc1ccc(N2CCCS2(=O)=O)cc1)C1CCCN(Cc2cccc(F)c2)C1. The standard InChI is InChI=1S/C22H26FN3O3S/c23-19-6-1-4-17(14-19)15-25-11-2-5-18(16-25)22(27)24-20-7-9-21(10-8-20)26-12-3-13-30(26,28)29/h1,4,6-10,14,18H,2-3,5,11-13,15-16H2,(H,24,27). The van der Waals surface area contributed by atoms with E-state index >= 15 is 0 Å². The van der Waals surface area contributed by atoms with Gasteiger partial charge in [-0.15, -0.1) is 0 Å². The van der Waals surface area contributed by atoms with E-state index < -0.39 is 10.0 Å². The van der Waals surface area contributed by atoms with Gasteiger partial charge in [0.05, 0.1) is 17.4 Å². The van der Waals surface area contributed by atoms with Crippen molar-refractivity contribution >= 4 is 27.3 Å². The summed E-state index contributed by atoms with van der Waals surface area (Å²) in [6, 6.07) is 13.5. The first-order valence-corrected chi connectivity index (χ1v) is 11.9. The highest BCUT2D eigenvalue weighted by Crippen LogP contribution is 2.26. The van der Waals surface area contributed by atoms with Gasteiger partial charge in [-0.3, -0.25) is 14.0 Å². The first-order chi connectivity index (χ1) is 14.4. The highest BCUT2D eigenvalue weighted by atomic mass is 32.2. The molecule has 2 aliphatic rings. The monoisotopic (exact) mass is 431 g/mol. The van der Waals surface area contributed by atoms with Crippen LogP contribution in [0.3, 0.4) is 0 Å². The molecule has 160 valence electrons. The summed E-state index contributed by atoms with van der Waals surface area (Å²) < 4.78 is 38.9. The van der Waals surface area contributed by atoms with E-state index in [1.54, 1.807) is 30.3 Å². The molecule has 2 aromatic carbocycles. The molecule has 1 unspecified atom stereocenters. The molecule has 30 heavy (non-hydrogen) atoms. The van der Waals surface area contributed by atoms with Gasteiger partial charge < -0.3 is 5.32 Å². The van der Waals surface area contributed by atoms with Crippen molar-refractivity contribution in [2.24, 2.45) is 5.92 Å². The van der Waals surface area contributed by atoms with Gasteiger partial charge in [-0.25, -0.2) is 12.8 Å². The summed E-state index contributed by atoms with van der Waals surface area (Å²) in [5.41, 5.74) is 2.19. The Kier molecular flexibility index (Phi) is 6.06. The lowest BCUT2D eigenvalue weighted by molar-refractivity contribution is -0.121. The van der Waals surface area contributed by atoms with E-state index in [-0.39, 0.29) is 23.4 Å². The van der Waals surface area contributed by atoms with E-state index in [0.29, 0.717) is 37.4 Å². The predicted octanol–water partition coefficient (Wildman–Crippen LogP) is 3.22. The summed E-state index contributed by atoms with van der Waals surface area (Å²) in [5.74, 6) is -0.241. The average Bonchev–Trinajstić information content (AvgIpc) is 3.08. The van der Waals surface area contributed by atoms with Crippen LogP contribution in [0.5, 0.6) is 0 Å². The second-order valence-electron chi connectivity index (χ2n) is 7.98. The zero-order chi connectivity index (χ0) is 21.1. The molecular formula is C22H26FN3O3S. The third-order valence-electron chi connectivity index (χ3n) is 5.69. The van der Waals surface area contributed by atoms with Crippen LogP contribution in [0.2, 0.25) is 0 Å². The lowest BCUT2D eigenvalue weighted by Crippen LogP contribution is -2.40. The molecule has 2 aliphatic heterocycles. The molecule has 1 atom stereocenters. The molecule has 2 aromatic rings. The van der Waals surface area contributed by atoms with E-state index in [1.807, 2.05) is 6.07 Å². The van der Waals surface area contributed by atoms with Gasteiger partial charge in [-0.1, -0.05) is 12.1 Å². The summed E-state index contributed by atoms with van der Waals surface area (Å²) >= 11 is 0. The molecule has 0 saturated carbocycles. The van der Waals surface area contributed by atoms with Crippen LogP contribution < -0.4 is 9.62 Å². The van der Waals surface area contributed by atoms with Crippen LogP contribution in [-0.4, -0.2) is 44.6 Å². The number of nitrogens with one attached hydrogen (secondary N) is 1. The van der Waals surface area contributed by atoms with Gasteiger partial charge in [0.15, 0.2) is 0 Å². The second kappa shape index (κ2) is 8.73. The second-order valence-corrected chi connectivity index (χ2v) is 9.99. The molecule has 4 rings (SSSR count). The van der Waals surface area contributed by atoms with Gasteiger partial charge in [-0.05, 0) is 67.8 Å². The Hall–Kier alpha value is -2.45. The number of piperidine rings is 1. The molecule has 0 aromatic heterocycles. The topological polar surface area (TPSA) is 69.7 Å². The van der Waals surface area contributed by atoms with Gasteiger partial charge >= 0.3 is 0 Å². The van der Waals surface area contributed by atoms with Crippen LogP contribution in [0.25, 0.3) is 0 Å². The van der Waals surface area contributed by atoms with Crippen molar-refractivity contribution in [2.45, 2.75) is 25.8 Å². The number of nitrogens with zero attached hydrogens (tertiary/aromatic N) is 2. The number of rotatable bonds is 5. The third-order valence-corrected chi connectivity index (χ3v) is 7.56. The molecule has 1 amide bonds. The maximum absolute atomic E-state index is 13.4. The third kappa shape index (κ3) is 4.82. The number of hydrogen-bond donors (Lipinski definition) is 1. The Bertz CT molecular complexity index is 1010. The van der Waals surface area contributed by atoms with Gasteiger partial charge in [0.2, 0.25) is 15.9 Å². The molecule has 2 heterocycles. The van der Waals surface area contributed by atoms with Crippen molar-refractivity contribution in [1.82, 2.24) is 4.90 Å². The Labute approximate surface area is 176 Å². The molecule has 0 radical (unpaired) electrons. The number of amides is 1. The number of carbonyl (C=O) groups is 1. The minimum absolute atomic E-state index is 0.0412. The van der Waals surface area contributed by atoms with Crippen molar-refractivity contribution in [3.63, 3.8) is 0 Å². The fraction of sp³-hybridized carbons (Fsp3) is 0.409. The molecule has 1 N–H and O–H groups in total. The van der Waals surface area contributed by atoms with E-state index in [9.17, 15) is 17.6 Å². The fourth-order valence-corrected chi connectivity index (χ4v) is 5.76. The number of halogens is 1. The first kappa shape index (κ1) is 20.8. The van der Waals surface area contributed by atoms with Crippen LogP contribution in [0, 0.1) is 11.7 Å². The number of sulfonamides is 1. The normalized spacial score (nSPS) is 21.5. The quantitative estimate of drug-likeness (QED) is 0.789. The minimum Gasteiger partial charge on any atom is -0.326 e. The van der Waals surface area contributed by atoms with Crippen LogP contribution in [0.15, 0.2) is 48.5 Å². The Balaban J connectivity index is 1.35. The van der Waals surface area contributed by atoms with Crippen molar-refractivity contribution in [2.75, 3.05) is 35.0 Å². The molecule has 2 fully saturated rings. The maximum Gasteiger partial charge on any atom is 0.235 e. The van der Waals surface area contributed by atoms with Gasteiger partial charge in [0.25, 0.3) is 0 Å². The number of carbonyl (C=O) groups excluding carboxylic acids is 1. The highest BCUT2D eigenvalue weighted by molar-refractivity contribution is 7.93. The molecule has 0 aliphatic carbocycles.